The third-order valence-corrected chi connectivity index (χ3v) is 2.19. The van der Waals surface area contributed by atoms with Crippen molar-refractivity contribution in [2.45, 2.75) is 26.4 Å². The van der Waals surface area contributed by atoms with Gasteiger partial charge in [-0.3, -0.25) is 4.79 Å². The Hall–Kier alpha value is -1.41. The molecule has 2 heteroatoms. The van der Waals surface area contributed by atoms with Gasteiger partial charge in [-0.15, -0.1) is 0 Å². The Morgan fingerprint density at radius 3 is 2.13 bits per heavy atom. The predicted molar refractivity (Wildman–Crippen MR) is 61.8 cm³/mol. The van der Waals surface area contributed by atoms with Gasteiger partial charge in [0.05, 0.1) is 0 Å². The fraction of sp³-hybridized carbons (Fsp3) is 0.308. The van der Waals surface area contributed by atoms with Crippen molar-refractivity contribution >= 4 is 11.4 Å². The molecule has 80 valence electrons. The molecule has 0 radical (unpaired) electrons. The quantitative estimate of drug-likeness (QED) is 0.768. The van der Waals surface area contributed by atoms with Crippen molar-refractivity contribution in [2.24, 2.45) is 0 Å². The van der Waals surface area contributed by atoms with Crippen molar-refractivity contribution in [1.82, 2.24) is 0 Å². The standard InChI is InChI=1S/C13H16O2/c1-9(2)10-7-5-6-8-11(10)12(14)13(3,4)15/h5-8,15H,1H2,2-4H3. The third kappa shape index (κ3) is 2.54. The van der Waals surface area contributed by atoms with Gasteiger partial charge in [0, 0.05) is 5.56 Å². The van der Waals surface area contributed by atoms with E-state index in [4.69, 9.17) is 0 Å². The van der Waals surface area contributed by atoms with Crippen LogP contribution in [-0.2, 0) is 0 Å². The van der Waals surface area contributed by atoms with Crippen LogP contribution < -0.4 is 0 Å². The van der Waals surface area contributed by atoms with E-state index in [0.29, 0.717) is 5.56 Å². The molecule has 0 aromatic heterocycles. The zero-order chi connectivity index (χ0) is 11.6. The third-order valence-electron chi connectivity index (χ3n) is 2.19. The average Bonchev–Trinajstić information content (AvgIpc) is 2.15. The summed E-state index contributed by atoms with van der Waals surface area (Å²) in [4.78, 5) is 11.9. The lowest BCUT2D eigenvalue weighted by atomic mass is 9.91. The molecule has 1 rings (SSSR count). The summed E-state index contributed by atoms with van der Waals surface area (Å²) in [5.74, 6) is -0.277. The van der Waals surface area contributed by atoms with Crippen LogP contribution in [0.1, 0.15) is 36.7 Å². The second kappa shape index (κ2) is 3.99. The summed E-state index contributed by atoms with van der Waals surface area (Å²) in [7, 11) is 0. The van der Waals surface area contributed by atoms with Gasteiger partial charge in [0.1, 0.15) is 5.60 Å². The summed E-state index contributed by atoms with van der Waals surface area (Å²) >= 11 is 0. The normalized spacial score (nSPS) is 11.2. The maximum atomic E-state index is 11.9. The van der Waals surface area contributed by atoms with Gasteiger partial charge in [0.2, 0.25) is 0 Å². The van der Waals surface area contributed by atoms with E-state index in [9.17, 15) is 9.90 Å². The zero-order valence-corrected chi connectivity index (χ0v) is 9.37. The second-order valence-corrected chi connectivity index (χ2v) is 4.21. The fourth-order valence-electron chi connectivity index (χ4n) is 1.38. The lowest BCUT2D eigenvalue weighted by Crippen LogP contribution is -2.31. The molecule has 0 aliphatic heterocycles. The number of benzene rings is 1. The Balaban J connectivity index is 3.26. The molecule has 1 aromatic carbocycles. The monoisotopic (exact) mass is 204 g/mol. The minimum absolute atomic E-state index is 0.277. The Kier molecular flexibility index (Phi) is 3.10. The SMILES string of the molecule is C=C(C)c1ccccc1C(=O)C(C)(C)O. The Bertz CT molecular complexity index is 397. The highest BCUT2D eigenvalue weighted by Gasteiger charge is 2.26. The van der Waals surface area contributed by atoms with Crippen LogP contribution in [0.4, 0.5) is 0 Å². The van der Waals surface area contributed by atoms with Crippen LogP contribution in [0.15, 0.2) is 30.8 Å². The maximum absolute atomic E-state index is 11.9. The minimum atomic E-state index is -1.34. The highest BCUT2D eigenvalue weighted by Crippen LogP contribution is 2.21. The molecule has 1 aromatic rings. The molecule has 0 unspecified atom stereocenters. The van der Waals surface area contributed by atoms with Gasteiger partial charge in [0.25, 0.3) is 0 Å². The first-order valence-corrected chi connectivity index (χ1v) is 4.86. The van der Waals surface area contributed by atoms with Gasteiger partial charge in [-0.1, -0.05) is 36.4 Å². The van der Waals surface area contributed by atoms with Crippen LogP contribution in [0.5, 0.6) is 0 Å². The van der Waals surface area contributed by atoms with Crippen LogP contribution in [0.3, 0.4) is 0 Å². The van der Waals surface area contributed by atoms with E-state index in [1.807, 2.05) is 19.1 Å². The molecule has 0 fully saturated rings. The second-order valence-electron chi connectivity index (χ2n) is 4.21. The number of hydrogen-bond donors (Lipinski definition) is 1. The Labute approximate surface area is 90.3 Å². The van der Waals surface area contributed by atoms with E-state index in [0.717, 1.165) is 11.1 Å². The Morgan fingerprint density at radius 1 is 1.27 bits per heavy atom. The highest BCUT2D eigenvalue weighted by molar-refractivity contribution is 6.05. The van der Waals surface area contributed by atoms with Gasteiger partial charge in [-0.05, 0) is 26.3 Å². The topological polar surface area (TPSA) is 37.3 Å². The number of allylic oxidation sites excluding steroid dienone is 1. The Morgan fingerprint density at radius 2 is 1.73 bits per heavy atom. The van der Waals surface area contributed by atoms with Crippen LogP contribution in [0.25, 0.3) is 5.57 Å². The van der Waals surface area contributed by atoms with E-state index in [1.165, 1.54) is 13.8 Å². The van der Waals surface area contributed by atoms with E-state index < -0.39 is 5.60 Å². The molecule has 2 nitrogen and oxygen atoms in total. The van der Waals surface area contributed by atoms with Gasteiger partial charge >= 0.3 is 0 Å². The van der Waals surface area contributed by atoms with Crippen molar-refractivity contribution < 1.29 is 9.90 Å². The average molecular weight is 204 g/mol. The molecule has 15 heavy (non-hydrogen) atoms. The predicted octanol–water partition coefficient (Wildman–Crippen LogP) is 2.67. The van der Waals surface area contributed by atoms with Crippen molar-refractivity contribution in [3.63, 3.8) is 0 Å². The summed E-state index contributed by atoms with van der Waals surface area (Å²) in [6.07, 6.45) is 0. The highest BCUT2D eigenvalue weighted by atomic mass is 16.3. The molecule has 0 heterocycles. The van der Waals surface area contributed by atoms with Crippen molar-refractivity contribution in [1.29, 1.82) is 0 Å². The maximum Gasteiger partial charge on any atom is 0.194 e. The summed E-state index contributed by atoms with van der Waals surface area (Å²) in [6, 6.07) is 7.18. The first-order chi connectivity index (χ1) is 6.84. The van der Waals surface area contributed by atoms with Gasteiger partial charge in [0.15, 0.2) is 5.78 Å². The number of rotatable bonds is 3. The minimum Gasteiger partial charge on any atom is -0.382 e. The van der Waals surface area contributed by atoms with Crippen LogP contribution in [0, 0.1) is 0 Å². The van der Waals surface area contributed by atoms with Crippen molar-refractivity contribution in [2.75, 3.05) is 0 Å². The number of Topliss-reactive ketones (excluding diaryl/α,β-unsaturated/α-hetero) is 1. The number of aliphatic hydroxyl groups is 1. The molecule has 0 bridgehead atoms. The number of ketones is 1. The number of hydrogen-bond acceptors (Lipinski definition) is 2. The van der Waals surface area contributed by atoms with Gasteiger partial charge in [-0.2, -0.15) is 0 Å². The van der Waals surface area contributed by atoms with E-state index >= 15 is 0 Å². The van der Waals surface area contributed by atoms with Gasteiger partial charge < -0.3 is 5.11 Å². The van der Waals surface area contributed by atoms with Crippen molar-refractivity contribution in [3.05, 3.63) is 42.0 Å². The molecule has 0 aliphatic rings. The lowest BCUT2D eigenvalue weighted by molar-refractivity contribution is 0.0487. The summed E-state index contributed by atoms with van der Waals surface area (Å²) in [6.45, 7) is 8.64. The summed E-state index contributed by atoms with van der Waals surface area (Å²) in [5.41, 5.74) is 0.802. The molecule has 0 atom stereocenters. The van der Waals surface area contributed by atoms with E-state index in [2.05, 4.69) is 6.58 Å². The lowest BCUT2D eigenvalue weighted by Gasteiger charge is -2.17. The molecule has 0 saturated carbocycles. The number of carbonyl (C=O) groups excluding carboxylic acids is 1. The summed E-state index contributed by atoms with van der Waals surface area (Å²) in [5, 5.41) is 9.67. The first-order valence-electron chi connectivity index (χ1n) is 4.86. The van der Waals surface area contributed by atoms with E-state index in [1.54, 1.807) is 12.1 Å². The molecule has 0 saturated heterocycles. The molecule has 0 amide bonds. The molecule has 1 N–H and O–H groups in total. The summed E-state index contributed by atoms with van der Waals surface area (Å²) < 4.78 is 0. The molecular formula is C13H16O2. The van der Waals surface area contributed by atoms with Gasteiger partial charge in [-0.25, -0.2) is 0 Å². The fourth-order valence-corrected chi connectivity index (χ4v) is 1.38. The van der Waals surface area contributed by atoms with Crippen LogP contribution in [0.2, 0.25) is 0 Å². The molecule has 0 aliphatic carbocycles. The van der Waals surface area contributed by atoms with Crippen LogP contribution in [-0.4, -0.2) is 16.5 Å². The van der Waals surface area contributed by atoms with Crippen molar-refractivity contribution in [3.8, 4) is 0 Å². The first kappa shape index (κ1) is 11.7. The number of carbonyl (C=O) groups is 1. The van der Waals surface area contributed by atoms with Crippen LogP contribution >= 0.6 is 0 Å². The largest absolute Gasteiger partial charge is 0.382 e. The van der Waals surface area contributed by atoms with E-state index in [-0.39, 0.29) is 5.78 Å². The zero-order valence-electron chi connectivity index (χ0n) is 9.37. The molecule has 0 spiro atoms. The molecular weight excluding hydrogens is 188 g/mol. The smallest absolute Gasteiger partial charge is 0.194 e.